The maximum Gasteiger partial charge on any atom is 0.0466 e. The lowest BCUT2D eigenvalue weighted by molar-refractivity contribution is 0.140. The van der Waals surface area contributed by atoms with Crippen LogP contribution in [0, 0.1) is 0 Å². The molecular formula is C14H24N2O. The molecule has 1 aromatic rings. The van der Waals surface area contributed by atoms with Crippen molar-refractivity contribution in [2.24, 2.45) is 5.84 Å². The molecular weight excluding hydrogens is 212 g/mol. The van der Waals surface area contributed by atoms with E-state index in [1.807, 2.05) is 13.0 Å². The molecule has 0 saturated heterocycles. The summed E-state index contributed by atoms with van der Waals surface area (Å²) in [6.07, 6.45) is 4.29. The molecule has 1 rings (SSSR count). The van der Waals surface area contributed by atoms with Gasteiger partial charge in [-0.3, -0.25) is 11.3 Å². The second-order valence-corrected chi connectivity index (χ2v) is 4.23. The number of nitrogens with one attached hydrogen (secondary N) is 1. The van der Waals surface area contributed by atoms with Crippen molar-refractivity contribution in [3.05, 3.63) is 35.9 Å². The molecule has 0 saturated carbocycles. The lowest BCUT2D eigenvalue weighted by Crippen LogP contribution is -2.35. The first-order valence-corrected chi connectivity index (χ1v) is 6.44. The SMILES string of the molecule is CCOCCCC(CCc1ccccc1)NN. The minimum Gasteiger partial charge on any atom is -0.382 e. The predicted octanol–water partition coefficient (Wildman–Crippen LogP) is 2.27. The number of hydrogen-bond donors (Lipinski definition) is 2. The van der Waals surface area contributed by atoms with Gasteiger partial charge in [-0.05, 0) is 38.2 Å². The smallest absolute Gasteiger partial charge is 0.0466 e. The van der Waals surface area contributed by atoms with E-state index in [-0.39, 0.29) is 0 Å². The van der Waals surface area contributed by atoms with E-state index in [1.54, 1.807) is 0 Å². The van der Waals surface area contributed by atoms with Gasteiger partial charge < -0.3 is 4.74 Å². The third-order valence-corrected chi connectivity index (χ3v) is 2.91. The first kappa shape index (κ1) is 14.2. The highest BCUT2D eigenvalue weighted by Gasteiger charge is 2.06. The Balaban J connectivity index is 2.18. The summed E-state index contributed by atoms with van der Waals surface area (Å²) < 4.78 is 5.32. The number of hydrazine groups is 1. The zero-order chi connectivity index (χ0) is 12.3. The summed E-state index contributed by atoms with van der Waals surface area (Å²) in [5, 5.41) is 0. The van der Waals surface area contributed by atoms with Crippen molar-refractivity contribution in [2.75, 3.05) is 13.2 Å². The van der Waals surface area contributed by atoms with E-state index in [4.69, 9.17) is 10.6 Å². The van der Waals surface area contributed by atoms with Gasteiger partial charge in [0.1, 0.15) is 0 Å². The predicted molar refractivity (Wildman–Crippen MR) is 71.6 cm³/mol. The molecule has 3 heteroatoms. The largest absolute Gasteiger partial charge is 0.382 e. The van der Waals surface area contributed by atoms with E-state index in [0.29, 0.717) is 6.04 Å². The molecule has 17 heavy (non-hydrogen) atoms. The van der Waals surface area contributed by atoms with Crippen molar-refractivity contribution in [1.82, 2.24) is 5.43 Å². The fourth-order valence-corrected chi connectivity index (χ4v) is 1.87. The minimum absolute atomic E-state index is 0.385. The molecule has 0 aliphatic carbocycles. The number of ether oxygens (including phenoxy) is 1. The van der Waals surface area contributed by atoms with E-state index in [0.717, 1.165) is 38.9 Å². The van der Waals surface area contributed by atoms with Gasteiger partial charge in [0.15, 0.2) is 0 Å². The van der Waals surface area contributed by atoms with Crippen molar-refractivity contribution in [3.63, 3.8) is 0 Å². The first-order valence-electron chi connectivity index (χ1n) is 6.44. The summed E-state index contributed by atoms with van der Waals surface area (Å²) in [7, 11) is 0. The fraction of sp³-hybridized carbons (Fsp3) is 0.571. The molecule has 0 radical (unpaired) electrons. The van der Waals surface area contributed by atoms with Crippen molar-refractivity contribution in [1.29, 1.82) is 0 Å². The Bertz CT molecular complexity index is 277. The van der Waals surface area contributed by atoms with Gasteiger partial charge in [-0.2, -0.15) is 0 Å². The fourth-order valence-electron chi connectivity index (χ4n) is 1.87. The topological polar surface area (TPSA) is 47.3 Å². The number of hydrogen-bond acceptors (Lipinski definition) is 3. The molecule has 0 fully saturated rings. The van der Waals surface area contributed by atoms with Crippen LogP contribution in [0.1, 0.15) is 31.7 Å². The Labute approximate surface area is 104 Å². The quantitative estimate of drug-likeness (QED) is 0.393. The number of nitrogens with two attached hydrogens (primary N) is 1. The lowest BCUT2D eigenvalue weighted by Gasteiger charge is -2.15. The molecule has 0 heterocycles. The average molecular weight is 236 g/mol. The van der Waals surface area contributed by atoms with Crippen LogP contribution in [0.5, 0.6) is 0 Å². The van der Waals surface area contributed by atoms with Crippen LogP contribution >= 0.6 is 0 Å². The molecule has 1 atom stereocenters. The highest BCUT2D eigenvalue weighted by atomic mass is 16.5. The van der Waals surface area contributed by atoms with Gasteiger partial charge in [-0.1, -0.05) is 30.3 Å². The van der Waals surface area contributed by atoms with Crippen molar-refractivity contribution < 1.29 is 4.74 Å². The summed E-state index contributed by atoms with van der Waals surface area (Å²) in [5.41, 5.74) is 4.27. The summed E-state index contributed by atoms with van der Waals surface area (Å²) >= 11 is 0. The minimum atomic E-state index is 0.385. The van der Waals surface area contributed by atoms with Gasteiger partial charge >= 0.3 is 0 Å². The van der Waals surface area contributed by atoms with Gasteiger partial charge in [0, 0.05) is 19.3 Å². The highest BCUT2D eigenvalue weighted by Crippen LogP contribution is 2.08. The molecule has 0 aromatic heterocycles. The molecule has 0 spiro atoms. The van der Waals surface area contributed by atoms with Crippen molar-refractivity contribution >= 4 is 0 Å². The van der Waals surface area contributed by atoms with Crippen molar-refractivity contribution in [2.45, 2.75) is 38.6 Å². The van der Waals surface area contributed by atoms with Crippen LogP contribution in [0.4, 0.5) is 0 Å². The van der Waals surface area contributed by atoms with Crippen LogP contribution < -0.4 is 11.3 Å². The second-order valence-electron chi connectivity index (χ2n) is 4.23. The van der Waals surface area contributed by atoms with Crippen molar-refractivity contribution in [3.8, 4) is 0 Å². The van der Waals surface area contributed by atoms with Gasteiger partial charge in [0.2, 0.25) is 0 Å². The molecule has 0 aliphatic rings. The van der Waals surface area contributed by atoms with E-state index in [9.17, 15) is 0 Å². The number of aryl methyl sites for hydroxylation is 1. The molecule has 0 amide bonds. The van der Waals surface area contributed by atoms with Crippen LogP contribution in [0.25, 0.3) is 0 Å². The van der Waals surface area contributed by atoms with Gasteiger partial charge in [0.05, 0.1) is 0 Å². The number of rotatable bonds is 9. The van der Waals surface area contributed by atoms with E-state index in [2.05, 4.69) is 29.7 Å². The molecule has 0 bridgehead atoms. The molecule has 1 unspecified atom stereocenters. The van der Waals surface area contributed by atoms with Crippen LogP contribution in [0.2, 0.25) is 0 Å². The van der Waals surface area contributed by atoms with Crippen LogP contribution in [-0.2, 0) is 11.2 Å². The summed E-state index contributed by atoms with van der Waals surface area (Å²) in [5.74, 6) is 5.56. The monoisotopic (exact) mass is 236 g/mol. The standard InChI is InChI=1S/C14H24N2O/c1-2-17-12-6-9-14(16-15)11-10-13-7-4-3-5-8-13/h3-5,7-8,14,16H,2,6,9-12,15H2,1H3. The Kier molecular flexibility index (Phi) is 7.63. The maximum atomic E-state index is 5.56. The Morgan fingerprint density at radius 1 is 1.24 bits per heavy atom. The third-order valence-electron chi connectivity index (χ3n) is 2.91. The summed E-state index contributed by atoms with van der Waals surface area (Å²) in [6, 6.07) is 10.9. The molecule has 3 nitrogen and oxygen atoms in total. The normalized spacial score (nSPS) is 12.6. The Hall–Kier alpha value is -0.900. The third kappa shape index (κ3) is 6.41. The Morgan fingerprint density at radius 3 is 2.65 bits per heavy atom. The lowest BCUT2D eigenvalue weighted by atomic mass is 10.0. The zero-order valence-corrected chi connectivity index (χ0v) is 10.7. The molecule has 0 aliphatic heterocycles. The molecule has 1 aromatic carbocycles. The van der Waals surface area contributed by atoms with Gasteiger partial charge in [-0.25, -0.2) is 0 Å². The van der Waals surface area contributed by atoms with Crippen LogP contribution in [0.3, 0.4) is 0 Å². The second kappa shape index (κ2) is 9.16. The summed E-state index contributed by atoms with van der Waals surface area (Å²) in [4.78, 5) is 0. The number of benzene rings is 1. The van der Waals surface area contributed by atoms with Crippen LogP contribution in [0.15, 0.2) is 30.3 Å². The maximum absolute atomic E-state index is 5.56. The first-order chi connectivity index (χ1) is 8.36. The summed E-state index contributed by atoms with van der Waals surface area (Å²) in [6.45, 7) is 3.65. The van der Waals surface area contributed by atoms with E-state index < -0.39 is 0 Å². The zero-order valence-electron chi connectivity index (χ0n) is 10.7. The van der Waals surface area contributed by atoms with E-state index in [1.165, 1.54) is 5.56 Å². The molecule has 96 valence electrons. The van der Waals surface area contributed by atoms with Gasteiger partial charge in [-0.15, -0.1) is 0 Å². The van der Waals surface area contributed by atoms with E-state index >= 15 is 0 Å². The molecule has 3 N–H and O–H groups in total. The highest BCUT2D eigenvalue weighted by molar-refractivity contribution is 5.14. The van der Waals surface area contributed by atoms with Gasteiger partial charge in [0.25, 0.3) is 0 Å². The Morgan fingerprint density at radius 2 is 2.00 bits per heavy atom. The van der Waals surface area contributed by atoms with Crippen LogP contribution in [-0.4, -0.2) is 19.3 Å². The average Bonchev–Trinajstić information content (AvgIpc) is 2.39.